The van der Waals surface area contributed by atoms with Crippen LogP contribution in [0.3, 0.4) is 0 Å². The first-order chi connectivity index (χ1) is 7.88. The van der Waals surface area contributed by atoms with Crippen LogP contribution in [0.2, 0.25) is 0 Å². The van der Waals surface area contributed by atoms with E-state index in [1.54, 1.807) is 0 Å². The first-order valence-corrected chi connectivity index (χ1v) is 5.92. The van der Waals surface area contributed by atoms with Crippen LogP contribution in [0.5, 0.6) is 0 Å². The lowest BCUT2D eigenvalue weighted by Gasteiger charge is -2.24. The molecule has 0 radical (unpaired) electrons. The Balaban J connectivity index is 2.23. The van der Waals surface area contributed by atoms with Gasteiger partial charge in [0.2, 0.25) is 5.91 Å². The highest BCUT2D eigenvalue weighted by molar-refractivity contribution is 5.75. The quantitative estimate of drug-likeness (QED) is 0.829. The predicted octanol–water partition coefficient (Wildman–Crippen LogP) is 1.93. The predicted molar refractivity (Wildman–Crippen MR) is 58.6 cm³/mol. The topological polar surface area (TPSA) is 32.3 Å². The van der Waals surface area contributed by atoms with Crippen molar-refractivity contribution < 1.29 is 18.0 Å². The van der Waals surface area contributed by atoms with Gasteiger partial charge in [-0.25, -0.2) is 0 Å². The molecule has 1 heterocycles. The zero-order chi connectivity index (χ0) is 12.9. The monoisotopic (exact) mass is 252 g/mol. The van der Waals surface area contributed by atoms with Gasteiger partial charge in [-0.3, -0.25) is 4.79 Å². The first kappa shape index (κ1) is 14.3. The summed E-state index contributed by atoms with van der Waals surface area (Å²) in [5.41, 5.74) is 0. The van der Waals surface area contributed by atoms with Crippen molar-refractivity contribution >= 4 is 5.91 Å². The van der Waals surface area contributed by atoms with Crippen LogP contribution >= 0.6 is 0 Å². The number of alkyl halides is 3. The van der Waals surface area contributed by atoms with Crippen molar-refractivity contribution in [1.29, 1.82) is 0 Å². The summed E-state index contributed by atoms with van der Waals surface area (Å²) in [6.07, 6.45) is -0.224. The van der Waals surface area contributed by atoms with Gasteiger partial charge in [0, 0.05) is 19.5 Å². The molecule has 0 spiro atoms. The molecule has 1 amide bonds. The Bertz CT molecular complexity index is 250. The Kier molecular flexibility index (Phi) is 5.24. The third-order valence-corrected chi connectivity index (χ3v) is 2.96. The van der Waals surface area contributed by atoms with Gasteiger partial charge >= 0.3 is 6.18 Å². The third-order valence-electron chi connectivity index (χ3n) is 2.96. The minimum absolute atomic E-state index is 0.185. The lowest BCUT2D eigenvalue weighted by atomic mass is 10.0. The zero-order valence-electron chi connectivity index (χ0n) is 10.0. The molecule has 17 heavy (non-hydrogen) atoms. The van der Waals surface area contributed by atoms with Gasteiger partial charge in [-0.05, 0) is 25.8 Å². The van der Waals surface area contributed by atoms with Gasteiger partial charge in [-0.2, -0.15) is 13.2 Å². The van der Waals surface area contributed by atoms with Gasteiger partial charge in [-0.1, -0.05) is 6.42 Å². The molecule has 0 bridgehead atoms. The van der Waals surface area contributed by atoms with Crippen LogP contribution in [0.1, 0.15) is 32.1 Å². The molecule has 1 atom stereocenters. The molecule has 0 saturated carbocycles. The highest BCUT2D eigenvalue weighted by atomic mass is 19.4. The fraction of sp³-hybridized carbons (Fsp3) is 0.909. The number of nitrogens with zero attached hydrogens (tertiary/aromatic N) is 1. The van der Waals surface area contributed by atoms with Crippen LogP contribution < -0.4 is 5.32 Å². The summed E-state index contributed by atoms with van der Waals surface area (Å²) in [6, 6.07) is 0.284. The number of carbonyl (C=O) groups excluding carboxylic acids is 1. The number of amides is 1. The molecule has 6 heteroatoms. The number of hydrogen-bond acceptors (Lipinski definition) is 2. The smallest absolute Gasteiger partial charge is 0.337 e. The number of nitrogens with one attached hydrogen (secondary N) is 1. The molecule has 1 rings (SSSR count). The Morgan fingerprint density at radius 2 is 2.12 bits per heavy atom. The van der Waals surface area contributed by atoms with Crippen molar-refractivity contribution in [3.63, 3.8) is 0 Å². The van der Waals surface area contributed by atoms with Crippen LogP contribution in [-0.2, 0) is 4.79 Å². The van der Waals surface area contributed by atoms with E-state index in [4.69, 9.17) is 0 Å². The fourth-order valence-electron chi connectivity index (χ4n) is 2.02. The molecule has 3 nitrogen and oxygen atoms in total. The van der Waals surface area contributed by atoms with Crippen LogP contribution in [-0.4, -0.2) is 43.2 Å². The zero-order valence-corrected chi connectivity index (χ0v) is 10.0. The molecule has 1 fully saturated rings. The van der Waals surface area contributed by atoms with E-state index in [1.807, 2.05) is 0 Å². The van der Waals surface area contributed by atoms with Crippen molar-refractivity contribution in [2.45, 2.75) is 44.3 Å². The second kappa shape index (κ2) is 6.23. The highest BCUT2D eigenvalue weighted by Gasteiger charge is 2.31. The molecule has 1 aliphatic rings. The summed E-state index contributed by atoms with van der Waals surface area (Å²) in [7, 11) is 1.20. The van der Waals surface area contributed by atoms with E-state index in [1.165, 1.54) is 7.05 Å². The molecule has 100 valence electrons. The average molecular weight is 252 g/mol. The maximum absolute atomic E-state index is 12.1. The third kappa shape index (κ3) is 5.91. The summed E-state index contributed by atoms with van der Waals surface area (Å²) in [5, 5.41) is 3.27. The SMILES string of the molecule is CN(CC(F)(F)F)C(=O)CCC1CCCCN1. The minimum Gasteiger partial charge on any atom is -0.337 e. The number of carbonyl (C=O) groups is 1. The van der Waals surface area contributed by atoms with Crippen molar-refractivity contribution in [2.75, 3.05) is 20.1 Å². The number of halogens is 3. The van der Waals surface area contributed by atoms with Crippen LogP contribution in [0.4, 0.5) is 13.2 Å². The standard InChI is InChI=1S/C11H19F3N2O/c1-16(8-11(12,13)14)10(17)6-5-9-4-2-3-7-15-9/h9,15H,2-8H2,1H3. The van der Waals surface area contributed by atoms with Gasteiger partial charge in [-0.15, -0.1) is 0 Å². The van der Waals surface area contributed by atoms with Crippen molar-refractivity contribution in [2.24, 2.45) is 0 Å². The number of rotatable bonds is 4. The lowest BCUT2D eigenvalue weighted by Crippen LogP contribution is -2.38. The molecule has 0 aromatic carbocycles. The van der Waals surface area contributed by atoms with E-state index in [9.17, 15) is 18.0 Å². The lowest BCUT2D eigenvalue weighted by molar-refractivity contribution is -0.158. The van der Waals surface area contributed by atoms with E-state index < -0.39 is 18.6 Å². The van der Waals surface area contributed by atoms with Crippen molar-refractivity contribution in [3.8, 4) is 0 Å². The maximum atomic E-state index is 12.1. The molecule has 0 aliphatic carbocycles. The molecule has 1 unspecified atom stereocenters. The summed E-state index contributed by atoms with van der Waals surface area (Å²) in [6.45, 7) is -0.221. The van der Waals surface area contributed by atoms with Crippen LogP contribution in [0, 0.1) is 0 Å². The van der Waals surface area contributed by atoms with Gasteiger partial charge in [0.25, 0.3) is 0 Å². The summed E-state index contributed by atoms with van der Waals surface area (Å²) >= 11 is 0. The molecule has 0 aromatic rings. The number of hydrogen-bond donors (Lipinski definition) is 1. The summed E-state index contributed by atoms with van der Waals surface area (Å²) in [4.78, 5) is 12.2. The van der Waals surface area contributed by atoms with Crippen molar-refractivity contribution in [1.82, 2.24) is 10.2 Å². The van der Waals surface area contributed by atoms with Crippen molar-refractivity contribution in [3.05, 3.63) is 0 Å². The highest BCUT2D eigenvalue weighted by Crippen LogP contribution is 2.17. The Labute approximate surface area is 99.4 Å². The first-order valence-electron chi connectivity index (χ1n) is 5.92. The summed E-state index contributed by atoms with van der Waals surface area (Å²) < 4.78 is 36.2. The summed E-state index contributed by atoms with van der Waals surface area (Å²) in [5.74, 6) is -0.435. The largest absolute Gasteiger partial charge is 0.406 e. The second-order valence-electron chi connectivity index (χ2n) is 4.55. The Hall–Kier alpha value is -0.780. The van der Waals surface area contributed by atoms with Crippen LogP contribution in [0.25, 0.3) is 0 Å². The van der Waals surface area contributed by atoms with E-state index in [0.29, 0.717) is 6.42 Å². The molecule has 1 N–H and O–H groups in total. The van der Waals surface area contributed by atoms with E-state index in [2.05, 4.69) is 5.32 Å². The average Bonchev–Trinajstić information content (AvgIpc) is 2.25. The Morgan fingerprint density at radius 3 is 2.65 bits per heavy atom. The van der Waals surface area contributed by atoms with E-state index in [-0.39, 0.29) is 12.5 Å². The Morgan fingerprint density at radius 1 is 1.41 bits per heavy atom. The normalized spacial score (nSPS) is 21.3. The minimum atomic E-state index is -4.31. The van der Waals surface area contributed by atoms with Gasteiger partial charge < -0.3 is 10.2 Å². The van der Waals surface area contributed by atoms with Gasteiger partial charge in [0.1, 0.15) is 6.54 Å². The maximum Gasteiger partial charge on any atom is 0.406 e. The fourth-order valence-corrected chi connectivity index (χ4v) is 2.02. The molecule has 0 aromatic heterocycles. The molecular formula is C11H19F3N2O. The molecular weight excluding hydrogens is 233 g/mol. The van der Waals surface area contributed by atoms with Crippen LogP contribution in [0.15, 0.2) is 0 Å². The molecule has 1 saturated heterocycles. The van der Waals surface area contributed by atoms with E-state index >= 15 is 0 Å². The number of piperidine rings is 1. The van der Waals surface area contributed by atoms with E-state index in [0.717, 1.165) is 30.7 Å². The van der Waals surface area contributed by atoms with Gasteiger partial charge in [0.05, 0.1) is 0 Å². The second-order valence-corrected chi connectivity index (χ2v) is 4.55. The van der Waals surface area contributed by atoms with Gasteiger partial charge in [0.15, 0.2) is 0 Å². The molecule has 1 aliphatic heterocycles.